The van der Waals surface area contributed by atoms with Crippen molar-refractivity contribution < 1.29 is 25.6 Å². The fourth-order valence-corrected chi connectivity index (χ4v) is 6.77. The van der Waals surface area contributed by atoms with Gasteiger partial charge in [-0.2, -0.15) is 0 Å². The number of benzene rings is 1. The molecule has 1 N–H and O–H groups in total. The van der Waals surface area contributed by atoms with Gasteiger partial charge in [0.15, 0.2) is 0 Å². The first-order valence-electron chi connectivity index (χ1n) is 6.16. The topological polar surface area (TPSA) is 90.9 Å². The Morgan fingerprint density at radius 2 is 2.00 bits per heavy atom. The molecule has 0 aliphatic carbocycles. The molecule has 9 heteroatoms. The predicted octanol–water partition coefficient (Wildman–Crippen LogP) is 1.19. The van der Waals surface area contributed by atoms with E-state index >= 15 is 0 Å². The Balaban J connectivity index is 2.05. The van der Waals surface area contributed by atoms with E-state index in [0.29, 0.717) is 5.56 Å². The van der Waals surface area contributed by atoms with Crippen molar-refractivity contribution in [3.8, 4) is 0 Å². The van der Waals surface area contributed by atoms with Gasteiger partial charge in [0.1, 0.15) is 0 Å². The fraction of sp³-hybridized carbons (Fsp3) is 0.417. The average molecular weight is 380 g/mol. The number of rotatable bonds is 5. The van der Waals surface area contributed by atoms with Crippen LogP contribution in [0.5, 0.6) is 0 Å². The van der Waals surface area contributed by atoms with Gasteiger partial charge in [0.25, 0.3) is 0 Å². The molecule has 1 aliphatic heterocycles. The summed E-state index contributed by atoms with van der Waals surface area (Å²) in [6, 6.07) is 8.27. The SMILES string of the molecule is COC(=O)[C@@H](NCP1(=O)CO[Se](=O)OC1)c1ccccc1. The van der Waals surface area contributed by atoms with Gasteiger partial charge >= 0.3 is 127 Å². The van der Waals surface area contributed by atoms with Crippen molar-refractivity contribution >= 4 is 27.6 Å². The van der Waals surface area contributed by atoms with Crippen molar-refractivity contribution in [2.45, 2.75) is 6.04 Å². The third-order valence-electron chi connectivity index (χ3n) is 2.92. The van der Waals surface area contributed by atoms with Crippen LogP contribution in [-0.4, -0.2) is 46.6 Å². The second-order valence-electron chi connectivity index (χ2n) is 4.49. The summed E-state index contributed by atoms with van der Waals surface area (Å²) in [6.45, 7) is 0. The summed E-state index contributed by atoms with van der Waals surface area (Å²) in [6.07, 6.45) is -0.158. The number of hydrogen-bond donors (Lipinski definition) is 1. The van der Waals surface area contributed by atoms with Crippen LogP contribution >= 0.6 is 7.14 Å². The normalized spacial score (nSPS) is 27.0. The molecule has 1 atom stereocenters. The minimum absolute atomic E-state index is 0.0422. The molecule has 1 saturated heterocycles. The van der Waals surface area contributed by atoms with Crippen LogP contribution in [0.15, 0.2) is 30.3 Å². The van der Waals surface area contributed by atoms with Crippen LogP contribution < -0.4 is 5.32 Å². The van der Waals surface area contributed by atoms with Crippen LogP contribution in [0.1, 0.15) is 11.6 Å². The number of nitrogens with one attached hydrogen (secondary N) is 1. The van der Waals surface area contributed by atoms with E-state index in [4.69, 9.17) is 12.4 Å². The molecule has 2 rings (SSSR count). The van der Waals surface area contributed by atoms with Gasteiger partial charge in [0.2, 0.25) is 0 Å². The quantitative estimate of drug-likeness (QED) is 0.466. The molecule has 116 valence electrons. The molecule has 7 nitrogen and oxygen atoms in total. The van der Waals surface area contributed by atoms with E-state index in [1.54, 1.807) is 24.3 Å². The van der Waals surface area contributed by atoms with Crippen LogP contribution in [0.25, 0.3) is 0 Å². The Labute approximate surface area is 127 Å². The summed E-state index contributed by atoms with van der Waals surface area (Å²) in [7, 11) is -1.51. The van der Waals surface area contributed by atoms with Gasteiger partial charge in [0, 0.05) is 0 Å². The zero-order valence-corrected chi connectivity index (χ0v) is 14.0. The van der Waals surface area contributed by atoms with Crippen molar-refractivity contribution in [1.29, 1.82) is 0 Å². The molecule has 0 amide bonds. The Morgan fingerprint density at radius 3 is 2.57 bits per heavy atom. The molecular weight excluding hydrogens is 364 g/mol. The predicted molar refractivity (Wildman–Crippen MR) is 75.2 cm³/mol. The summed E-state index contributed by atoms with van der Waals surface area (Å²) >= 11 is -2.73. The van der Waals surface area contributed by atoms with E-state index in [0.717, 1.165) is 0 Å². The summed E-state index contributed by atoms with van der Waals surface area (Å²) < 4.78 is 37.9. The van der Waals surface area contributed by atoms with E-state index in [2.05, 4.69) is 5.32 Å². The van der Waals surface area contributed by atoms with Crippen molar-refractivity contribution in [2.75, 3.05) is 26.1 Å². The van der Waals surface area contributed by atoms with Crippen LogP contribution in [0.4, 0.5) is 0 Å². The third kappa shape index (κ3) is 4.54. The van der Waals surface area contributed by atoms with Gasteiger partial charge in [-0.05, 0) is 0 Å². The molecule has 0 radical (unpaired) electrons. The number of methoxy groups -OCH3 is 1. The van der Waals surface area contributed by atoms with E-state index < -0.39 is 33.6 Å². The van der Waals surface area contributed by atoms with Gasteiger partial charge in [-0.1, -0.05) is 0 Å². The molecule has 0 bridgehead atoms. The van der Waals surface area contributed by atoms with Crippen molar-refractivity contribution in [3.05, 3.63) is 35.9 Å². The van der Waals surface area contributed by atoms with Crippen molar-refractivity contribution in [3.63, 3.8) is 0 Å². The second-order valence-corrected chi connectivity index (χ2v) is 9.28. The second kappa shape index (κ2) is 7.40. The van der Waals surface area contributed by atoms with E-state index in [-0.39, 0.29) is 19.0 Å². The first-order valence-corrected chi connectivity index (χ1v) is 10.5. The van der Waals surface area contributed by atoms with Crippen molar-refractivity contribution in [2.24, 2.45) is 0 Å². The van der Waals surface area contributed by atoms with Gasteiger partial charge < -0.3 is 0 Å². The molecule has 1 aliphatic rings. The van der Waals surface area contributed by atoms with Crippen LogP contribution in [0, 0.1) is 0 Å². The molecule has 0 unspecified atom stereocenters. The molecule has 0 saturated carbocycles. The standard InChI is InChI=1S/C12H16NO6PSe/c1-17-12(14)11(10-5-3-2-4-6-10)13-7-20(15)8-18-21(16)19-9-20/h2-6,11,13H,7-9H2,1H3/t11-,20?,21?/m0/s1. The Bertz CT molecular complexity index is 552. The average Bonchev–Trinajstić information content (AvgIpc) is 2.51. The Hall–Kier alpha value is -0.881. The maximum absolute atomic E-state index is 12.4. The number of carbonyl (C=O) groups excluding carboxylic acids is 1. The van der Waals surface area contributed by atoms with E-state index in [9.17, 15) is 13.2 Å². The molecular formula is C12H16NO6PSe. The number of hydrogen-bond acceptors (Lipinski definition) is 7. The van der Waals surface area contributed by atoms with Crippen LogP contribution in [0.2, 0.25) is 0 Å². The molecule has 0 spiro atoms. The molecule has 1 aromatic carbocycles. The molecule has 21 heavy (non-hydrogen) atoms. The monoisotopic (exact) mass is 381 g/mol. The van der Waals surface area contributed by atoms with Gasteiger partial charge in [-0.15, -0.1) is 0 Å². The van der Waals surface area contributed by atoms with E-state index in [1.807, 2.05) is 6.07 Å². The Morgan fingerprint density at radius 1 is 1.38 bits per heavy atom. The molecule has 0 aromatic heterocycles. The zero-order chi connectivity index (χ0) is 15.3. The van der Waals surface area contributed by atoms with Gasteiger partial charge in [-0.25, -0.2) is 0 Å². The first-order chi connectivity index (χ1) is 10.0. The molecule has 1 heterocycles. The first kappa shape index (κ1) is 16.5. The summed E-state index contributed by atoms with van der Waals surface area (Å²) in [5.74, 6) is -0.471. The summed E-state index contributed by atoms with van der Waals surface area (Å²) in [5.41, 5.74) is 0.713. The minimum atomic E-state index is -2.81. The Kier molecular flexibility index (Phi) is 5.81. The van der Waals surface area contributed by atoms with Crippen LogP contribution in [0.3, 0.4) is 0 Å². The summed E-state index contributed by atoms with van der Waals surface area (Å²) in [5, 5.41) is 2.93. The van der Waals surface area contributed by atoms with E-state index in [1.165, 1.54) is 7.11 Å². The fourth-order valence-electron chi connectivity index (χ4n) is 1.80. The molecule has 1 fully saturated rings. The number of ether oxygens (including phenoxy) is 1. The van der Waals surface area contributed by atoms with Crippen LogP contribution in [-0.2, 0) is 25.6 Å². The maximum atomic E-state index is 12.4. The van der Waals surface area contributed by atoms with Gasteiger partial charge in [0.05, 0.1) is 0 Å². The van der Waals surface area contributed by atoms with Crippen molar-refractivity contribution in [1.82, 2.24) is 5.32 Å². The van der Waals surface area contributed by atoms with Gasteiger partial charge in [-0.3, -0.25) is 0 Å². The zero-order valence-electron chi connectivity index (χ0n) is 11.4. The summed E-state index contributed by atoms with van der Waals surface area (Å²) in [4.78, 5) is 11.9. The number of carbonyl (C=O) groups is 1. The third-order valence-corrected chi connectivity index (χ3v) is 6.97. The number of esters is 1. The molecule has 1 aromatic rings.